The Hall–Kier alpha value is -1.69. The second kappa shape index (κ2) is 6.67. The van der Waals surface area contributed by atoms with Crippen LogP contribution < -0.4 is 10.6 Å². The maximum absolute atomic E-state index is 13.7. The minimum atomic E-state index is -0.553. The molecule has 0 spiro atoms. The summed E-state index contributed by atoms with van der Waals surface area (Å²) in [6, 6.07) is 4.00. The number of fused-ring (bicyclic) bond motifs is 1. The third kappa shape index (κ3) is 3.11. The maximum atomic E-state index is 13.7. The van der Waals surface area contributed by atoms with Crippen LogP contribution in [0.5, 0.6) is 0 Å². The Morgan fingerprint density at radius 3 is 2.88 bits per heavy atom. The van der Waals surface area contributed by atoms with Crippen molar-refractivity contribution >= 4 is 5.96 Å². The van der Waals surface area contributed by atoms with Gasteiger partial charge in [-0.3, -0.25) is 4.99 Å². The molecule has 1 aliphatic carbocycles. The van der Waals surface area contributed by atoms with Crippen molar-refractivity contribution in [2.24, 2.45) is 16.3 Å². The van der Waals surface area contributed by atoms with Gasteiger partial charge in [0.25, 0.3) is 0 Å². The largest absolute Gasteiger partial charge is 0.377 e. The highest BCUT2D eigenvalue weighted by Crippen LogP contribution is 2.52. The van der Waals surface area contributed by atoms with Gasteiger partial charge in [0, 0.05) is 43.6 Å². The van der Waals surface area contributed by atoms with Crippen molar-refractivity contribution in [3.63, 3.8) is 0 Å². The average Bonchev–Trinajstić information content (AvgIpc) is 2.99. The fourth-order valence-electron chi connectivity index (χ4n) is 4.00. The standard InChI is InChI=1S/C18H25F2N3O/c1-18(2)15(13-7-9-24-16(13)18)23-17(21-3)22-8-6-11-4-5-12(19)10-14(11)20/h4-5,10,13,15-16H,6-9H2,1-3H3,(H2,21,22,23). The molecule has 24 heavy (non-hydrogen) atoms. The molecule has 4 nitrogen and oxygen atoms in total. The molecule has 3 atom stereocenters. The van der Waals surface area contributed by atoms with Gasteiger partial charge in [-0.1, -0.05) is 19.9 Å². The molecule has 3 unspecified atom stereocenters. The highest BCUT2D eigenvalue weighted by Gasteiger charge is 2.59. The lowest BCUT2D eigenvalue weighted by Gasteiger charge is -2.54. The van der Waals surface area contributed by atoms with Crippen molar-refractivity contribution in [1.29, 1.82) is 0 Å². The molecule has 0 amide bonds. The van der Waals surface area contributed by atoms with Gasteiger partial charge >= 0.3 is 0 Å². The summed E-state index contributed by atoms with van der Waals surface area (Å²) in [5.41, 5.74) is 0.564. The predicted octanol–water partition coefficient (Wildman–Crippen LogP) is 2.49. The van der Waals surface area contributed by atoms with Crippen molar-refractivity contribution in [3.05, 3.63) is 35.4 Å². The normalized spacial score (nSPS) is 28.2. The first-order valence-electron chi connectivity index (χ1n) is 8.46. The first kappa shape index (κ1) is 17.1. The molecule has 1 aliphatic heterocycles. The first-order valence-corrected chi connectivity index (χ1v) is 8.46. The summed E-state index contributed by atoms with van der Waals surface area (Å²) in [4.78, 5) is 4.26. The zero-order chi connectivity index (χ0) is 17.3. The minimum absolute atomic E-state index is 0.0713. The van der Waals surface area contributed by atoms with Crippen molar-refractivity contribution < 1.29 is 13.5 Å². The molecule has 6 heteroatoms. The van der Waals surface area contributed by atoms with Crippen molar-refractivity contribution in [3.8, 4) is 0 Å². The monoisotopic (exact) mass is 337 g/mol. The molecule has 1 saturated carbocycles. The van der Waals surface area contributed by atoms with Crippen LogP contribution >= 0.6 is 0 Å². The summed E-state index contributed by atoms with van der Waals surface area (Å²) >= 11 is 0. The van der Waals surface area contributed by atoms with Gasteiger partial charge < -0.3 is 15.4 Å². The number of nitrogens with one attached hydrogen (secondary N) is 2. The molecule has 2 aliphatic rings. The van der Waals surface area contributed by atoms with Gasteiger partial charge in [-0.15, -0.1) is 0 Å². The van der Waals surface area contributed by atoms with E-state index in [0.717, 1.165) is 19.1 Å². The second-order valence-corrected chi connectivity index (χ2v) is 7.17. The molecule has 0 aromatic heterocycles. The number of rotatable bonds is 4. The molecule has 3 rings (SSSR count). The van der Waals surface area contributed by atoms with Crippen LogP contribution in [-0.4, -0.2) is 38.3 Å². The molecule has 2 fully saturated rings. The van der Waals surface area contributed by atoms with Crippen LogP contribution in [0.15, 0.2) is 23.2 Å². The molecule has 1 aromatic rings. The SMILES string of the molecule is CN=C(NCCc1ccc(F)cc1F)NC1C2CCOC2C1(C)C. The number of nitrogens with zero attached hydrogens (tertiary/aromatic N) is 1. The lowest BCUT2D eigenvalue weighted by Crippen LogP contribution is -2.68. The molecule has 1 aromatic carbocycles. The summed E-state index contributed by atoms with van der Waals surface area (Å²) in [5.74, 6) is 0.169. The van der Waals surface area contributed by atoms with Crippen LogP contribution in [0, 0.1) is 23.0 Å². The van der Waals surface area contributed by atoms with E-state index >= 15 is 0 Å². The van der Waals surface area contributed by atoms with Gasteiger partial charge in [-0.25, -0.2) is 8.78 Å². The van der Waals surface area contributed by atoms with Crippen LogP contribution in [-0.2, 0) is 11.2 Å². The number of ether oxygens (including phenoxy) is 1. The van der Waals surface area contributed by atoms with Crippen molar-refractivity contribution in [2.45, 2.75) is 38.8 Å². The van der Waals surface area contributed by atoms with E-state index in [9.17, 15) is 8.78 Å². The Bertz CT molecular complexity index is 633. The van der Waals surface area contributed by atoms with Gasteiger partial charge in [-0.05, 0) is 24.5 Å². The van der Waals surface area contributed by atoms with E-state index in [1.165, 1.54) is 12.1 Å². The smallest absolute Gasteiger partial charge is 0.191 e. The minimum Gasteiger partial charge on any atom is -0.377 e. The zero-order valence-electron chi connectivity index (χ0n) is 14.4. The summed E-state index contributed by atoms with van der Waals surface area (Å²) in [7, 11) is 1.72. The summed E-state index contributed by atoms with van der Waals surface area (Å²) in [6.07, 6.45) is 1.86. The number of aliphatic imine (C=N–C) groups is 1. The molecule has 1 saturated heterocycles. The van der Waals surface area contributed by atoms with Crippen LogP contribution in [0.2, 0.25) is 0 Å². The van der Waals surface area contributed by atoms with E-state index in [1.54, 1.807) is 7.05 Å². The second-order valence-electron chi connectivity index (χ2n) is 7.17. The molecule has 1 heterocycles. The van der Waals surface area contributed by atoms with Gasteiger partial charge in [0.15, 0.2) is 5.96 Å². The number of halogens is 2. The van der Waals surface area contributed by atoms with Crippen LogP contribution in [0.1, 0.15) is 25.8 Å². The lowest BCUT2D eigenvalue weighted by atomic mass is 9.57. The van der Waals surface area contributed by atoms with Crippen molar-refractivity contribution in [2.75, 3.05) is 20.2 Å². The molecule has 0 radical (unpaired) electrons. The van der Waals surface area contributed by atoms with E-state index < -0.39 is 11.6 Å². The average molecular weight is 337 g/mol. The number of benzene rings is 1. The van der Waals surface area contributed by atoms with E-state index in [0.29, 0.717) is 42.6 Å². The Morgan fingerprint density at radius 2 is 2.17 bits per heavy atom. The van der Waals surface area contributed by atoms with E-state index in [4.69, 9.17) is 4.74 Å². The molecule has 2 N–H and O–H groups in total. The van der Waals surface area contributed by atoms with Crippen molar-refractivity contribution in [1.82, 2.24) is 10.6 Å². The molecule has 0 bridgehead atoms. The van der Waals surface area contributed by atoms with E-state index in [-0.39, 0.29) is 5.41 Å². The summed E-state index contributed by atoms with van der Waals surface area (Å²) in [6.45, 7) is 5.77. The topological polar surface area (TPSA) is 45.7 Å². The van der Waals surface area contributed by atoms with Gasteiger partial charge in [-0.2, -0.15) is 0 Å². The number of guanidine groups is 1. The highest BCUT2D eigenvalue weighted by molar-refractivity contribution is 5.80. The zero-order valence-corrected chi connectivity index (χ0v) is 14.4. The third-order valence-electron chi connectivity index (χ3n) is 5.32. The lowest BCUT2D eigenvalue weighted by molar-refractivity contribution is -0.106. The summed E-state index contributed by atoms with van der Waals surface area (Å²) < 4.78 is 32.4. The Balaban J connectivity index is 1.52. The number of hydrogen-bond donors (Lipinski definition) is 2. The fraction of sp³-hybridized carbons (Fsp3) is 0.611. The maximum Gasteiger partial charge on any atom is 0.191 e. The predicted molar refractivity (Wildman–Crippen MR) is 90.0 cm³/mol. The molecule has 132 valence electrons. The summed E-state index contributed by atoms with van der Waals surface area (Å²) in [5, 5.41) is 6.69. The van der Waals surface area contributed by atoms with E-state index in [2.05, 4.69) is 29.5 Å². The molecular formula is C18H25F2N3O. The van der Waals surface area contributed by atoms with Crippen LogP contribution in [0.4, 0.5) is 8.78 Å². The third-order valence-corrected chi connectivity index (χ3v) is 5.32. The van der Waals surface area contributed by atoms with Crippen LogP contribution in [0.3, 0.4) is 0 Å². The Kier molecular flexibility index (Phi) is 4.76. The Morgan fingerprint density at radius 1 is 1.38 bits per heavy atom. The quantitative estimate of drug-likeness (QED) is 0.655. The molecular weight excluding hydrogens is 312 g/mol. The van der Waals surface area contributed by atoms with E-state index in [1.807, 2.05) is 0 Å². The fourth-order valence-corrected chi connectivity index (χ4v) is 4.00. The Labute approximate surface area is 141 Å². The first-order chi connectivity index (χ1) is 11.4. The van der Waals surface area contributed by atoms with Crippen LogP contribution in [0.25, 0.3) is 0 Å². The number of hydrogen-bond acceptors (Lipinski definition) is 2. The van der Waals surface area contributed by atoms with Gasteiger partial charge in [0.2, 0.25) is 0 Å². The van der Waals surface area contributed by atoms with Gasteiger partial charge in [0.05, 0.1) is 6.10 Å². The van der Waals surface area contributed by atoms with Gasteiger partial charge in [0.1, 0.15) is 11.6 Å². The highest BCUT2D eigenvalue weighted by atomic mass is 19.1.